The van der Waals surface area contributed by atoms with Gasteiger partial charge in [-0.05, 0) is 51.2 Å². The van der Waals surface area contributed by atoms with Crippen molar-refractivity contribution in [3.05, 3.63) is 64.8 Å². The molecule has 5 nitrogen and oxygen atoms in total. The fraction of sp³-hybridized carbons (Fsp3) is 0.238. The van der Waals surface area contributed by atoms with Crippen LogP contribution in [0.3, 0.4) is 0 Å². The van der Waals surface area contributed by atoms with Gasteiger partial charge in [-0.25, -0.2) is 4.79 Å². The van der Waals surface area contributed by atoms with Crippen LogP contribution in [0.5, 0.6) is 0 Å². The molecule has 0 spiro atoms. The average molecular weight is 427 g/mol. The first-order chi connectivity index (χ1) is 12.7. The summed E-state index contributed by atoms with van der Waals surface area (Å²) in [6.07, 6.45) is 1.75. The second-order valence-electron chi connectivity index (χ2n) is 7.45. The lowest BCUT2D eigenvalue weighted by Gasteiger charge is -2.19. The Morgan fingerprint density at radius 1 is 1.04 bits per heavy atom. The summed E-state index contributed by atoms with van der Waals surface area (Å²) < 4.78 is 2.70. The predicted molar refractivity (Wildman–Crippen MR) is 114 cm³/mol. The van der Waals surface area contributed by atoms with Crippen molar-refractivity contribution < 1.29 is 4.79 Å². The van der Waals surface area contributed by atoms with Crippen molar-refractivity contribution in [3.63, 3.8) is 0 Å². The third-order valence-electron chi connectivity index (χ3n) is 4.30. The zero-order valence-electron chi connectivity index (χ0n) is 15.9. The van der Waals surface area contributed by atoms with Crippen LogP contribution in [0.1, 0.15) is 26.3 Å². The number of carbonyl (C=O) groups is 1. The Hall–Kier alpha value is -2.60. The molecule has 0 saturated carbocycles. The SMILES string of the molecule is Cn1ncc(Br)c1-c1cccc(NC(=O)Nc2ccc(C(C)(C)C)cc2)c1. The van der Waals surface area contributed by atoms with Crippen molar-refractivity contribution in [2.24, 2.45) is 7.05 Å². The maximum absolute atomic E-state index is 12.3. The van der Waals surface area contributed by atoms with E-state index < -0.39 is 0 Å². The summed E-state index contributed by atoms with van der Waals surface area (Å²) in [7, 11) is 1.88. The number of urea groups is 1. The molecule has 0 atom stereocenters. The molecule has 0 unspecified atom stereocenters. The van der Waals surface area contributed by atoms with Crippen LogP contribution in [0, 0.1) is 0 Å². The van der Waals surface area contributed by atoms with Gasteiger partial charge in [0.15, 0.2) is 0 Å². The number of benzene rings is 2. The van der Waals surface area contributed by atoms with E-state index in [9.17, 15) is 4.79 Å². The number of hydrogen-bond acceptors (Lipinski definition) is 2. The fourth-order valence-corrected chi connectivity index (χ4v) is 3.40. The van der Waals surface area contributed by atoms with E-state index in [1.54, 1.807) is 10.9 Å². The molecule has 0 aliphatic rings. The Balaban J connectivity index is 1.71. The zero-order valence-corrected chi connectivity index (χ0v) is 17.5. The summed E-state index contributed by atoms with van der Waals surface area (Å²) in [4.78, 5) is 12.3. The average Bonchev–Trinajstić information content (AvgIpc) is 2.93. The minimum Gasteiger partial charge on any atom is -0.308 e. The van der Waals surface area contributed by atoms with E-state index in [2.05, 4.69) is 52.4 Å². The second-order valence-corrected chi connectivity index (χ2v) is 8.31. The first kappa shape index (κ1) is 19.2. The van der Waals surface area contributed by atoms with E-state index in [1.165, 1.54) is 5.56 Å². The lowest BCUT2D eigenvalue weighted by Crippen LogP contribution is -2.19. The van der Waals surface area contributed by atoms with Crippen LogP contribution in [0.4, 0.5) is 16.2 Å². The number of halogens is 1. The molecule has 0 fully saturated rings. The molecule has 27 heavy (non-hydrogen) atoms. The topological polar surface area (TPSA) is 59.0 Å². The number of rotatable bonds is 3. The van der Waals surface area contributed by atoms with Gasteiger partial charge in [-0.1, -0.05) is 45.0 Å². The molecule has 0 aliphatic carbocycles. The van der Waals surface area contributed by atoms with Gasteiger partial charge in [0.1, 0.15) is 0 Å². The third kappa shape index (κ3) is 4.57. The Labute approximate surface area is 167 Å². The molecule has 0 bridgehead atoms. The predicted octanol–water partition coefficient (Wildman–Crippen LogP) is 5.79. The number of nitrogens with zero attached hydrogens (tertiary/aromatic N) is 2. The maximum atomic E-state index is 12.3. The van der Waals surface area contributed by atoms with Gasteiger partial charge in [-0.15, -0.1) is 0 Å². The quantitative estimate of drug-likeness (QED) is 0.556. The fourth-order valence-electron chi connectivity index (χ4n) is 2.83. The highest BCUT2D eigenvalue weighted by Crippen LogP contribution is 2.29. The van der Waals surface area contributed by atoms with Crippen LogP contribution in [0.15, 0.2) is 59.2 Å². The molecular weight excluding hydrogens is 404 g/mol. The van der Waals surface area contributed by atoms with Crippen LogP contribution >= 0.6 is 15.9 Å². The van der Waals surface area contributed by atoms with Gasteiger partial charge >= 0.3 is 6.03 Å². The number of nitrogens with one attached hydrogen (secondary N) is 2. The van der Waals surface area contributed by atoms with Crippen molar-refractivity contribution in [1.29, 1.82) is 0 Å². The van der Waals surface area contributed by atoms with Crippen molar-refractivity contribution >= 4 is 33.3 Å². The smallest absolute Gasteiger partial charge is 0.308 e. The molecule has 140 valence electrons. The Kier molecular flexibility index (Phi) is 5.37. The molecular formula is C21H23BrN4O. The summed E-state index contributed by atoms with van der Waals surface area (Å²) in [5, 5.41) is 9.98. The van der Waals surface area contributed by atoms with Gasteiger partial charge < -0.3 is 10.6 Å². The maximum Gasteiger partial charge on any atom is 0.323 e. The lowest BCUT2D eigenvalue weighted by molar-refractivity contribution is 0.262. The molecule has 6 heteroatoms. The highest BCUT2D eigenvalue weighted by molar-refractivity contribution is 9.10. The molecule has 2 N–H and O–H groups in total. The summed E-state index contributed by atoms with van der Waals surface area (Å²) in [6, 6.07) is 15.3. The van der Waals surface area contributed by atoms with Crippen LogP contribution in [0.2, 0.25) is 0 Å². The number of amides is 2. The lowest BCUT2D eigenvalue weighted by atomic mass is 9.87. The van der Waals surface area contributed by atoms with Crippen LogP contribution in [-0.2, 0) is 12.5 Å². The second kappa shape index (κ2) is 7.56. The van der Waals surface area contributed by atoms with E-state index in [1.807, 2.05) is 55.6 Å². The molecule has 3 aromatic rings. The van der Waals surface area contributed by atoms with Crippen molar-refractivity contribution in [2.45, 2.75) is 26.2 Å². The summed E-state index contributed by atoms with van der Waals surface area (Å²) >= 11 is 3.51. The molecule has 0 radical (unpaired) electrons. The molecule has 0 aliphatic heterocycles. The van der Waals surface area contributed by atoms with E-state index >= 15 is 0 Å². The normalized spacial score (nSPS) is 11.3. The molecule has 0 saturated heterocycles. The monoisotopic (exact) mass is 426 g/mol. The van der Waals surface area contributed by atoms with Gasteiger partial charge in [0.2, 0.25) is 0 Å². The number of hydrogen-bond donors (Lipinski definition) is 2. The van der Waals surface area contributed by atoms with Crippen molar-refractivity contribution in [2.75, 3.05) is 10.6 Å². The van der Waals surface area contributed by atoms with Crippen LogP contribution in [0.25, 0.3) is 11.3 Å². The minimum absolute atomic E-state index is 0.0846. The molecule has 2 aromatic carbocycles. The van der Waals surface area contributed by atoms with E-state index in [-0.39, 0.29) is 11.4 Å². The number of anilines is 2. The molecule has 3 rings (SSSR count). The molecule has 1 aromatic heterocycles. The number of aryl methyl sites for hydroxylation is 1. The standard InChI is InChI=1S/C21H23BrN4O/c1-21(2,3)15-8-10-16(11-9-15)24-20(27)25-17-7-5-6-14(12-17)19-18(22)13-23-26(19)4/h5-13H,1-4H3,(H2,24,25,27). The highest BCUT2D eigenvalue weighted by Gasteiger charge is 2.13. The minimum atomic E-state index is -0.278. The van der Waals surface area contributed by atoms with Crippen LogP contribution in [-0.4, -0.2) is 15.8 Å². The molecule has 1 heterocycles. The van der Waals surface area contributed by atoms with E-state index in [4.69, 9.17) is 0 Å². The molecule has 2 amide bonds. The first-order valence-electron chi connectivity index (χ1n) is 8.70. The Bertz CT molecular complexity index is 936. The number of carbonyl (C=O) groups excluding carboxylic acids is 1. The van der Waals surface area contributed by atoms with E-state index in [0.29, 0.717) is 5.69 Å². The summed E-state index contributed by atoms with van der Waals surface area (Å²) in [6.45, 7) is 6.49. The van der Waals surface area contributed by atoms with Crippen LogP contribution < -0.4 is 10.6 Å². The van der Waals surface area contributed by atoms with Gasteiger partial charge in [0, 0.05) is 24.0 Å². The Morgan fingerprint density at radius 3 is 2.30 bits per heavy atom. The first-order valence-corrected chi connectivity index (χ1v) is 9.50. The van der Waals surface area contributed by atoms with Crippen molar-refractivity contribution in [1.82, 2.24) is 9.78 Å². The van der Waals surface area contributed by atoms with E-state index in [0.717, 1.165) is 21.4 Å². The zero-order chi connectivity index (χ0) is 19.6. The largest absolute Gasteiger partial charge is 0.323 e. The summed E-state index contributed by atoms with van der Waals surface area (Å²) in [5.41, 5.74) is 4.70. The van der Waals surface area contributed by atoms with Crippen molar-refractivity contribution in [3.8, 4) is 11.3 Å². The number of aromatic nitrogens is 2. The Morgan fingerprint density at radius 2 is 1.70 bits per heavy atom. The third-order valence-corrected chi connectivity index (χ3v) is 4.88. The van der Waals surface area contributed by atoms with Gasteiger partial charge in [-0.2, -0.15) is 5.10 Å². The highest BCUT2D eigenvalue weighted by atomic mass is 79.9. The van der Waals surface area contributed by atoms with Gasteiger partial charge in [-0.3, -0.25) is 4.68 Å². The van der Waals surface area contributed by atoms with Gasteiger partial charge in [0.05, 0.1) is 16.4 Å². The van der Waals surface area contributed by atoms with Gasteiger partial charge in [0.25, 0.3) is 0 Å². The summed E-state index contributed by atoms with van der Waals surface area (Å²) in [5.74, 6) is 0.